The van der Waals surface area contributed by atoms with Crippen LogP contribution in [0.5, 0.6) is 17.2 Å². The van der Waals surface area contributed by atoms with Crippen molar-refractivity contribution < 1.29 is 19.0 Å². The van der Waals surface area contributed by atoms with E-state index in [1.165, 1.54) is 0 Å². The number of nitrogens with one attached hydrogen (secondary N) is 1. The maximum atomic E-state index is 11.9. The van der Waals surface area contributed by atoms with Crippen molar-refractivity contribution in [1.82, 2.24) is 5.43 Å². The Kier molecular flexibility index (Phi) is 7.85. The second kappa shape index (κ2) is 11.3. The molecule has 0 aliphatic heterocycles. The molecule has 0 aromatic heterocycles. The van der Waals surface area contributed by atoms with Crippen LogP contribution in [0.1, 0.15) is 18.1 Å². The number of hydrazone groups is 1. The molecule has 0 bridgehead atoms. The van der Waals surface area contributed by atoms with Gasteiger partial charge in [0.2, 0.25) is 0 Å². The highest BCUT2D eigenvalue weighted by Crippen LogP contribution is 2.18. The summed E-state index contributed by atoms with van der Waals surface area (Å²) < 4.78 is 16.6. The number of hydrogen-bond donors (Lipinski definition) is 1. The third-order valence-electron chi connectivity index (χ3n) is 4.04. The number of ether oxygens (including phenoxy) is 3. The number of nitrogens with zero attached hydrogens (tertiary/aromatic N) is 1. The van der Waals surface area contributed by atoms with Gasteiger partial charge in [0.1, 0.15) is 23.9 Å². The maximum Gasteiger partial charge on any atom is 0.277 e. The molecular formula is C24H24N2O4. The van der Waals surface area contributed by atoms with Crippen molar-refractivity contribution in [3.05, 3.63) is 90.0 Å². The quantitative estimate of drug-likeness (QED) is 0.406. The predicted octanol–water partition coefficient (Wildman–Crippen LogP) is 4.19. The summed E-state index contributed by atoms with van der Waals surface area (Å²) in [6.45, 7) is 2.91. The van der Waals surface area contributed by atoms with E-state index in [-0.39, 0.29) is 12.5 Å². The van der Waals surface area contributed by atoms with Crippen LogP contribution in [-0.2, 0) is 11.4 Å². The van der Waals surface area contributed by atoms with Gasteiger partial charge in [-0.15, -0.1) is 0 Å². The Morgan fingerprint density at radius 2 is 1.43 bits per heavy atom. The number of carbonyl (C=O) groups excluding carboxylic acids is 1. The van der Waals surface area contributed by atoms with Gasteiger partial charge in [0.15, 0.2) is 6.61 Å². The molecular weight excluding hydrogens is 380 g/mol. The predicted molar refractivity (Wildman–Crippen MR) is 116 cm³/mol. The molecule has 1 amide bonds. The molecule has 0 saturated carbocycles. The van der Waals surface area contributed by atoms with Gasteiger partial charge < -0.3 is 14.2 Å². The average Bonchev–Trinajstić information content (AvgIpc) is 2.79. The summed E-state index contributed by atoms with van der Waals surface area (Å²) in [6.07, 6.45) is 1.56. The molecule has 154 valence electrons. The van der Waals surface area contributed by atoms with Crippen molar-refractivity contribution in [2.75, 3.05) is 13.2 Å². The van der Waals surface area contributed by atoms with Gasteiger partial charge in [-0.25, -0.2) is 5.43 Å². The van der Waals surface area contributed by atoms with Crippen LogP contribution in [0.2, 0.25) is 0 Å². The number of hydrogen-bond acceptors (Lipinski definition) is 5. The van der Waals surface area contributed by atoms with Crippen LogP contribution in [0.25, 0.3) is 0 Å². The standard InChI is InChI=1S/C24H24N2O4/c1-2-28-21-10-8-19(9-11-21)16-25-26-24(27)18-30-23-14-12-22(13-15-23)29-17-20-6-4-3-5-7-20/h3-16H,2,17-18H2,1H3,(H,26,27). The maximum absolute atomic E-state index is 11.9. The van der Waals surface area contributed by atoms with Gasteiger partial charge >= 0.3 is 0 Å². The van der Waals surface area contributed by atoms with E-state index in [2.05, 4.69) is 10.5 Å². The second-order valence-electron chi connectivity index (χ2n) is 6.33. The normalized spacial score (nSPS) is 10.6. The fourth-order valence-corrected chi connectivity index (χ4v) is 2.55. The SMILES string of the molecule is CCOc1ccc(C=NNC(=O)COc2ccc(OCc3ccccc3)cc2)cc1. The zero-order chi connectivity index (χ0) is 21.0. The lowest BCUT2D eigenvalue weighted by Gasteiger charge is -2.08. The summed E-state index contributed by atoms with van der Waals surface area (Å²) in [5, 5.41) is 3.93. The Bertz CT molecular complexity index is 939. The zero-order valence-electron chi connectivity index (χ0n) is 16.8. The molecule has 0 radical (unpaired) electrons. The van der Waals surface area contributed by atoms with E-state index in [0.29, 0.717) is 19.0 Å². The van der Waals surface area contributed by atoms with Crippen molar-refractivity contribution in [3.8, 4) is 17.2 Å². The van der Waals surface area contributed by atoms with E-state index in [1.807, 2.05) is 61.5 Å². The van der Waals surface area contributed by atoms with E-state index < -0.39 is 0 Å². The summed E-state index contributed by atoms with van der Waals surface area (Å²) in [6, 6.07) is 24.5. The molecule has 0 aliphatic carbocycles. The monoisotopic (exact) mass is 404 g/mol. The van der Waals surface area contributed by atoms with Crippen LogP contribution >= 0.6 is 0 Å². The zero-order valence-corrected chi connectivity index (χ0v) is 16.8. The summed E-state index contributed by atoms with van der Waals surface area (Å²) in [7, 11) is 0. The van der Waals surface area contributed by atoms with Crippen LogP contribution < -0.4 is 19.6 Å². The van der Waals surface area contributed by atoms with Crippen LogP contribution in [0, 0.1) is 0 Å². The molecule has 3 aromatic carbocycles. The third kappa shape index (κ3) is 6.98. The number of carbonyl (C=O) groups is 1. The Balaban J connectivity index is 1.38. The minimum atomic E-state index is -0.346. The van der Waals surface area contributed by atoms with Gasteiger partial charge in [0.25, 0.3) is 5.91 Å². The van der Waals surface area contributed by atoms with E-state index in [1.54, 1.807) is 30.5 Å². The lowest BCUT2D eigenvalue weighted by Crippen LogP contribution is -2.24. The molecule has 0 spiro atoms. The van der Waals surface area contributed by atoms with Crippen LogP contribution in [0.15, 0.2) is 84.0 Å². The minimum Gasteiger partial charge on any atom is -0.494 e. The number of benzene rings is 3. The molecule has 1 N–H and O–H groups in total. The van der Waals surface area contributed by atoms with E-state index in [0.717, 1.165) is 22.6 Å². The molecule has 30 heavy (non-hydrogen) atoms. The number of rotatable bonds is 10. The fraction of sp³-hybridized carbons (Fsp3) is 0.167. The van der Waals surface area contributed by atoms with Gasteiger partial charge in [-0.05, 0) is 66.6 Å². The van der Waals surface area contributed by atoms with Gasteiger partial charge in [-0.3, -0.25) is 4.79 Å². The fourth-order valence-electron chi connectivity index (χ4n) is 2.55. The molecule has 0 atom stereocenters. The Morgan fingerprint density at radius 3 is 2.10 bits per heavy atom. The van der Waals surface area contributed by atoms with Crippen LogP contribution in [0.3, 0.4) is 0 Å². The first-order valence-corrected chi connectivity index (χ1v) is 9.67. The molecule has 0 heterocycles. The molecule has 0 aliphatic rings. The van der Waals surface area contributed by atoms with Gasteiger partial charge in [0.05, 0.1) is 12.8 Å². The lowest BCUT2D eigenvalue weighted by atomic mass is 10.2. The molecule has 0 unspecified atom stereocenters. The topological polar surface area (TPSA) is 69.2 Å². The molecule has 0 saturated heterocycles. The highest BCUT2D eigenvalue weighted by atomic mass is 16.5. The van der Waals surface area contributed by atoms with Gasteiger partial charge in [-0.1, -0.05) is 30.3 Å². The summed E-state index contributed by atoms with van der Waals surface area (Å²) in [5.41, 5.74) is 4.39. The largest absolute Gasteiger partial charge is 0.494 e. The summed E-state index contributed by atoms with van der Waals surface area (Å²) in [5.74, 6) is 1.76. The highest BCUT2D eigenvalue weighted by Gasteiger charge is 2.02. The minimum absolute atomic E-state index is 0.134. The van der Waals surface area contributed by atoms with Crippen LogP contribution in [-0.4, -0.2) is 25.3 Å². The molecule has 6 nitrogen and oxygen atoms in total. The van der Waals surface area contributed by atoms with Crippen molar-refractivity contribution in [2.24, 2.45) is 5.10 Å². The van der Waals surface area contributed by atoms with Crippen molar-refractivity contribution in [2.45, 2.75) is 13.5 Å². The molecule has 3 rings (SSSR count). The van der Waals surface area contributed by atoms with Crippen LogP contribution in [0.4, 0.5) is 0 Å². The summed E-state index contributed by atoms with van der Waals surface area (Å²) >= 11 is 0. The molecule has 6 heteroatoms. The second-order valence-corrected chi connectivity index (χ2v) is 6.33. The Morgan fingerprint density at radius 1 is 0.833 bits per heavy atom. The van der Waals surface area contributed by atoms with E-state index in [4.69, 9.17) is 14.2 Å². The smallest absolute Gasteiger partial charge is 0.277 e. The first-order valence-electron chi connectivity index (χ1n) is 9.67. The molecule has 0 fully saturated rings. The average molecular weight is 404 g/mol. The summed E-state index contributed by atoms with van der Waals surface area (Å²) in [4.78, 5) is 11.9. The Hall–Kier alpha value is -3.80. The Labute approximate surface area is 176 Å². The third-order valence-corrected chi connectivity index (χ3v) is 4.04. The number of amides is 1. The lowest BCUT2D eigenvalue weighted by molar-refractivity contribution is -0.123. The van der Waals surface area contributed by atoms with Crippen molar-refractivity contribution in [1.29, 1.82) is 0 Å². The van der Waals surface area contributed by atoms with Gasteiger partial charge in [-0.2, -0.15) is 5.10 Å². The van der Waals surface area contributed by atoms with E-state index >= 15 is 0 Å². The van der Waals surface area contributed by atoms with Gasteiger partial charge in [0, 0.05) is 0 Å². The first kappa shape index (κ1) is 20.9. The van der Waals surface area contributed by atoms with E-state index in [9.17, 15) is 4.79 Å². The van der Waals surface area contributed by atoms with Crippen molar-refractivity contribution in [3.63, 3.8) is 0 Å². The van der Waals surface area contributed by atoms with Crippen molar-refractivity contribution >= 4 is 12.1 Å². The first-order chi connectivity index (χ1) is 14.7. The highest BCUT2D eigenvalue weighted by molar-refractivity contribution is 5.83. The molecule has 3 aromatic rings.